The van der Waals surface area contributed by atoms with Crippen molar-refractivity contribution in [1.82, 2.24) is 10.3 Å². The van der Waals surface area contributed by atoms with Crippen molar-refractivity contribution in [1.29, 1.82) is 0 Å². The standard InChI is InChI=1S/C15H17BrN2O2/c16-12-2-1-3-13-11(12)8-14(18-13)15(19)17-9-10-4-6-20-7-5-10/h1-3,8,10,18H,4-7,9H2,(H,17,19). The molecule has 0 aliphatic carbocycles. The molecule has 106 valence electrons. The fourth-order valence-electron chi connectivity index (χ4n) is 2.52. The molecule has 0 radical (unpaired) electrons. The molecule has 1 aliphatic heterocycles. The van der Waals surface area contributed by atoms with Gasteiger partial charge in [0.1, 0.15) is 5.69 Å². The second-order valence-corrected chi connectivity index (χ2v) is 6.00. The number of amides is 1. The Labute approximate surface area is 126 Å². The molecule has 0 unspecified atom stereocenters. The van der Waals surface area contributed by atoms with Gasteiger partial charge in [-0.1, -0.05) is 22.0 Å². The topological polar surface area (TPSA) is 54.1 Å². The zero-order valence-corrected chi connectivity index (χ0v) is 12.7. The van der Waals surface area contributed by atoms with Crippen molar-refractivity contribution in [2.75, 3.05) is 19.8 Å². The van der Waals surface area contributed by atoms with Gasteiger partial charge in [-0.15, -0.1) is 0 Å². The van der Waals surface area contributed by atoms with Crippen LogP contribution in [0.15, 0.2) is 28.7 Å². The van der Waals surface area contributed by atoms with E-state index in [1.807, 2.05) is 24.3 Å². The Hall–Kier alpha value is -1.33. The third-order valence-electron chi connectivity index (χ3n) is 3.75. The van der Waals surface area contributed by atoms with E-state index in [4.69, 9.17) is 4.74 Å². The first-order valence-corrected chi connectivity index (χ1v) is 7.66. The van der Waals surface area contributed by atoms with Crippen LogP contribution in [0.1, 0.15) is 23.3 Å². The number of H-pyrrole nitrogens is 1. The zero-order chi connectivity index (χ0) is 13.9. The summed E-state index contributed by atoms with van der Waals surface area (Å²) in [6, 6.07) is 7.78. The van der Waals surface area contributed by atoms with Gasteiger partial charge in [-0.25, -0.2) is 0 Å². The highest BCUT2D eigenvalue weighted by atomic mass is 79.9. The molecular formula is C15H17BrN2O2. The van der Waals surface area contributed by atoms with E-state index in [9.17, 15) is 4.79 Å². The molecule has 0 spiro atoms. The summed E-state index contributed by atoms with van der Waals surface area (Å²) in [5.41, 5.74) is 1.58. The van der Waals surface area contributed by atoms with E-state index < -0.39 is 0 Å². The summed E-state index contributed by atoms with van der Waals surface area (Å²) in [7, 11) is 0. The van der Waals surface area contributed by atoms with Crippen molar-refractivity contribution in [3.05, 3.63) is 34.4 Å². The number of fused-ring (bicyclic) bond motifs is 1. The van der Waals surface area contributed by atoms with E-state index in [0.717, 1.165) is 48.0 Å². The van der Waals surface area contributed by atoms with Crippen molar-refractivity contribution in [2.45, 2.75) is 12.8 Å². The number of halogens is 1. The zero-order valence-electron chi connectivity index (χ0n) is 11.1. The van der Waals surface area contributed by atoms with Crippen LogP contribution in [0.3, 0.4) is 0 Å². The van der Waals surface area contributed by atoms with E-state index in [-0.39, 0.29) is 5.91 Å². The van der Waals surface area contributed by atoms with E-state index in [2.05, 4.69) is 26.2 Å². The van der Waals surface area contributed by atoms with Crippen molar-refractivity contribution >= 4 is 32.7 Å². The smallest absolute Gasteiger partial charge is 0.267 e. The first-order chi connectivity index (χ1) is 9.74. The lowest BCUT2D eigenvalue weighted by atomic mass is 10.0. The summed E-state index contributed by atoms with van der Waals surface area (Å²) < 4.78 is 6.32. The number of benzene rings is 1. The highest BCUT2D eigenvalue weighted by Gasteiger charge is 2.16. The number of ether oxygens (including phenoxy) is 1. The van der Waals surface area contributed by atoms with Crippen LogP contribution < -0.4 is 5.32 Å². The predicted molar refractivity (Wildman–Crippen MR) is 81.9 cm³/mol. The van der Waals surface area contributed by atoms with Crippen LogP contribution in [-0.4, -0.2) is 30.6 Å². The van der Waals surface area contributed by atoms with Crippen LogP contribution >= 0.6 is 15.9 Å². The molecule has 1 saturated heterocycles. The van der Waals surface area contributed by atoms with Crippen LogP contribution in [0.5, 0.6) is 0 Å². The number of hydrogen-bond acceptors (Lipinski definition) is 2. The van der Waals surface area contributed by atoms with E-state index in [1.165, 1.54) is 0 Å². The average molecular weight is 337 g/mol. The van der Waals surface area contributed by atoms with Gasteiger partial charge in [0, 0.05) is 35.1 Å². The Morgan fingerprint density at radius 3 is 2.95 bits per heavy atom. The first-order valence-electron chi connectivity index (χ1n) is 6.87. The van der Waals surface area contributed by atoms with Crippen LogP contribution in [0.25, 0.3) is 10.9 Å². The van der Waals surface area contributed by atoms with E-state index in [1.54, 1.807) is 0 Å². The van der Waals surface area contributed by atoms with Gasteiger partial charge in [0.15, 0.2) is 0 Å². The molecule has 1 amide bonds. The van der Waals surface area contributed by atoms with Gasteiger partial charge in [0.2, 0.25) is 0 Å². The van der Waals surface area contributed by atoms with Crippen LogP contribution in [0.2, 0.25) is 0 Å². The summed E-state index contributed by atoms with van der Waals surface area (Å²) in [4.78, 5) is 15.3. The number of rotatable bonds is 3. The van der Waals surface area contributed by atoms with Crippen molar-refractivity contribution in [3.8, 4) is 0 Å². The third kappa shape index (κ3) is 2.88. The summed E-state index contributed by atoms with van der Waals surface area (Å²) in [6.07, 6.45) is 2.05. The van der Waals surface area contributed by atoms with E-state index >= 15 is 0 Å². The Morgan fingerprint density at radius 2 is 2.20 bits per heavy atom. The molecule has 2 aromatic rings. The molecule has 1 aromatic carbocycles. The number of carbonyl (C=O) groups is 1. The number of aromatic nitrogens is 1. The SMILES string of the molecule is O=C(NCC1CCOCC1)c1cc2c(Br)cccc2[nH]1. The molecule has 0 bridgehead atoms. The first kappa shape index (κ1) is 13.6. The van der Waals surface area contributed by atoms with Crippen molar-refractivity contribution in [2.24, 2.45) is 5.92 Å². The molecule has 0 saturated carbocycles. The van der Waals surface area contributed by atoms with E-state index in [0.29, 0.717) is 11.6 Å². The maximum absolute atomic E-state index is 12.2. The fraction of sp³-hybridized carbons (Fsp3) is 0.400. The second-order valence-electron chi connectivity index (χ2n) is 5.15. The van der Waals surface area contributed by atoms with Crippen molar-refractivity contribution < 1.29 is 9.53 Å². The molecule has 1 fully saturated rings. The number of nitrogens with one attached hydrogen (secondary N) is 2. The molecule has 0 atom stereocenters. The maximum atomic E-state index is 12.2. The van der Waals surface area contributed by atoms with Crippen LogP contribution in [0, 0.1) is 5.92 Å². The number of aromatic amines is 1. The van der Waals surface area contributed by atoms with Crippen LogP contribution in [-0.2, 0) is 4.74 Å². The van der Waals surface area contributed by atoms with Gasteiger partial charge in [0.05, 0.1) is 0 Å². The highest BCUT2D eigenvalue weighted by Crippen LogP contribution is 2.24. The molecule has 5 heteroatoms. The Kier molecular flexibility index (Phi) is 4.08. The fourth-order valence-corrected chi connectivity index (χ4v) is 3.00. The van der Waals surface area contributed by atoms with Gasteiger partial charge in [-0.2, -0.15) is 0 Å². The molecule has 20 heavy (non-hydrogen) atoms. The highest BCUT2D eigenvalue weighted by molar-refractivity contribution is 9.10. The second kappa shape index (κ2) is 5.97. The molecule has 2 N–H and O–H groups in total. The minimum absolute atomic E-state index is 0.0420. The quantitative estimate of drug-likeness (QED) is 0.904. The molecular weight excluding hydrogens is 320 g/mol. The minimum atomic E-state index is -0.0420. The van der Waals surface area contributed by atoms with Gasteiger partial charge in [0.25, 0.3) is 5.91 Å². The molecule has 3 rings (SSSR count). The summed E-state index contributed by atoms with van der Waals surface area (Å²) in [5.74, 6) is 0.489. The monoisotopic (exact) mass is 336 g/mol. The predicted octanol–water partition coefficient (Wildman–Crippen LogP) is 3.09. The van der Waals surface area contributed by atoms with Gasteiger partial charge in [-0.3, -0.25) is 4.79 Å². The third-order valence-corrected chi connectivity index (χ3v) is 4.44. The maximum Gasteiger partial charge on any atom is 0.267 e. The average Bonchev–Trinajstić information content (AvgIpc) is 2.91. The van der Waals surface area contributed by atoms with Crippen molar-refractivity contribution in [3.63, 3.8) is 0 Å². The minimum Gasteiger partial charge on any atom is -0.381 e. The normalized spacial score (nSPS) is 16.4. The number of hydrogen-bond donors (Lipinski definition) is 2. The summed E-state index contributed by atoms with van der Waals surface area (Å²) in [5, 5.41) is 4.04. The van der Waals surface area contributed by atoms with Gasteiger partial charge >= 0.3 is 0 Å². The molecule has 1 aromatic heterocycles. The Bertz CT molecular complexity index is 617. The lowest BCUT2D eigenvalue weighted by molar-refractivity contribution is 0.0642. The summed E-state index contributed by atoms with van der Waals surface area (Å²) in [6.45, 7) is 2.33. The Balaban J connectivity index is 1.67. The molecule has 2 heterocycles. The van der Waals surface area contributed by atoms with Gasteiger partial charge in [-0.05, 0) is 37.0 Å². The summed E-state index contributed by atoms with van der Waals surface area (Å²) >= 11 is 3.50. The molecule has 1 aliphatic rings. The lowest BCUT2D eigenvalue weighted by Gasteiger charge is -2.21. The van der Waals surface area contributed by atoms with Crippen LogP contribution in [0.4, 0.5) is 0 Å². The van der Waals surface area contributed by atoms with Gasteiger partial charge < -0.3 is 15.0 Å². The number of carbonyl (C=O) groups excluding carboxylic acids is 1. The lowest BCUT2D eigenvalue weighted by Crippen LogP contribution is -2.32. The Morgan fingerprint density at radius 1 is 1.40 bits per heavy atom. The largest absolute Gasteiger partial charge is 0.381 e. The molecule has 4 nitrogen and oxygen atoms in total.